The van der Waals surface area contributed by atoms with Crippen LogP contribution in [0.25, 0.3) is 0 Å². The van der Waals surface area contributed by atoms with Gasteiger partial charge in [0.2, 0.25) is 5.91 Å². The average Bonchev–Trinajstić information content (AvgIpc) is 2.46. The molecule has 0 fully saturated rings. The number of hydrogen-bond donors (Lipinski definition) is 1. The van der Waals surface area contributed by atoms with Crippen LogP contribution in [0.15, 0.2) is 36.9 Å². The van der Waals surface area contributed by atoms with E-state index in [-0.39, 0.29) is 12.3 Å². The molecular formula is C15H21NO4S. The van der Waals surface area contributed by atoms with E-state index >= 15 is 0 Å². The second-order valence-corrected chi connectivity index (χ2v) is 6.85. The summed E-state index contributed by atoms with van der Waals surface area (Å²) in [5.74, 6) is -0.225. The fourth-order valence-corrected chi connectivity index (χ4v) is 3.07. The van der Waals surface area contributed by atoms with Crippen LogP contribution in [0.4, 0.5) is 0 Å². The van der Waals surface area contributed by atoms with E-state index < -0.39 is 21.0 Å². The quantitative estimate of drug-likeness (QED) is 0.742. The van der Waals surface area contributed by atoms with Gasteiger partial charge in [-0.05, 0) is 19.9 Å². The lowest BCUT2D eigenvalue weighted by Crippen LogP contribution is -2.38. The van der Waals surface area contributed by atoms with Crippen molar-refractivity contribution in [1.29, 1.82) is 0 Å². The predicted octanol–water partition coefficient (Wildman–Crippen LogP) is 1.69. The molecular weight excluding hydrogens is 290 g/mol. The maximum Gasteiger partial charge on any atom is 0.238 e. The van der Waals surface area contributed by atoms with E-state index in [0.29, 0.717) is 17.9 Å². The Balaban J connectivity index is 2.89. The van der Waals surface area contributed by atoms with Crippen LogP contribution >= 0.6 is 0 Å². The van der Waals surface area contributed by atoms with Gasteiger partial charge in [-0.25, -0.2) is 8.42 Å². The highest BCUT2D eigenvalue weighted by Gasteiger charge is 2.28. The molecule has 21 heavy (non-hydrogen) atoms. The van der Waals surface area contributed by atoms with Gasteiger partial charge in [0.05, 0.1) is 12.4 Å². The van der Waals surface area contributed by atoms with E-state index in [4.69, 9.17) is 4.74 Å². The maximum absolute atomic E-state index is 12.3. The molecule has 1 atom stereocenters. The minimum Gasteiger partial charge on any atom is -0.494 e. The van der Waals surface area contributed by atoms with E-state index in [2.05, 4.69) is 11.9 Å². The molecule has 1 rings (SSSR count). The summed E-state index contributed by atoms with van der Waals surface area (Å²) in [4.78, 5) is 11.8. The van der Waals surface area contributed by atoms with Crippen molar-refractivity contribution in [2.45, 2.75) is 24.9 Å². The monoisotopic (exact) mass is 311 g/mol. The summed E-state index contributed by atoms with van der Waals surface area (Å²) < 4.78 is 30.0. The van der Waals surface area contributed by atoms with Crippen LogP contribution in [-0.4, -0.2) is 32.7 Å². The molecule has 0 heterocycles. The molecule has 1 amide bonds. The number of nitrogens with one attached hydrogen (secondary N) is 1. The van der Waals surface area contributed by atoms with Crippen molar-refractivity contribution in [3.8, 4) is 5.75 Å². The van der Waals surface area contributed by atoms with Crippen LogP contribution in [0, 0.1) is 0 Å². The lowest BCUT2D eigenvalue weighted by Gasteiger charge is -2.14. The number of amides is 1. The topological polar surface area (TPSA) is 72.5 Å². The Morgan fingerprint density at radius 3 is 2.71 bits per heavy atom. The van der Waals surface area contributed by atoms with Gasteiger partial charge in [-0.15, -0.1) is 6.58 Å². The van der Waals surface area contributed by atoms with Crippen molar-refractivity contribution < 1.29 is 17.9 Å². The SMILES string of the molecule is C=CCNC(=O)C(C)S(=O)(=O)Cc1ccccc1OCC. The first-order valence-corrected chi connectivity index (χ1v) is 8.44. The highest BCUT2D eigenvalue weighted by Crippen LogP contribution is 2.22. The summed E-state index contributed by atoms with van der Waals surface area (Å²) in [7, 11) is -3.61. The summed E-state index contributed by atoms with van der Waals surface area (Å²) in [6, 6.07) is 6.94. The number of ether oxygens (including phenoxy) is 1. The fraction of sp³-hybridized carbons (Fsp3) is 0.400. The summed E-state index contributed by atoms with van der Waals surface area (Å²) in [6.07, 6.45) is 1.50. The Bertz CT molecular complexity index is 595. The van der Waals surface area contributed by atoms with Crippen LogP contribution in [0.3, 0.4) is 0 Å². The molecule has 0 spiro atoms. The molecule has 0 bridgehead atoms. The van der Waals surface area contributed by atoms with Gasteiger partial charge in [0.25, 0.3) is 0 Å². The molecule has 116 valence electrons. The van der Waals surface area contributed by atoms with Crippen molar-refractivity contribution >= 4 is 15.7 Å². The summed E-state index contributed by atoms with van der Waals surface area (Å²) >= 11 is 0. The van der Waals surface area contributed by atoms with E-state index in [1.54, 1.807) is 24.3 Å². The van der Waals surface area contributed by atoms with Crippen LogP contribution in [0.1, 0.15) is 19.4 Å². The number of sulfone groups is 1. The van der Waals surface area contributed by atoms with E-state index in [1.165, 1.54) is 13.0 Å². The van der Waals surface area contributed by atoms with Crippen molar-refractivity contribution in [1.82, 2.24) is 5.32 Å². The van der Waals surface area contributed by atoms with Gasteiger partial charge in [0, 0.05) is 12.1 Å². The Labute approximate surface area is 125 Å². The van der Waals surface area contributed by atoms with Gasteiger partial charge < -0.3 is 10.1 Å². The average molecular weight is 311 g/mol. The molecule has 6 heteroatoms. The summed E-state index contributed by atoms with van der Waals surface area (Å²) in [5.41, 5.74) is 0.558. The van der Waals surface area contributed by atoms with Crippen molar-refractivity contribution in [3.63, 3.8) is 0 Å². The number of para-hydroxylation sites is 1. The maximum atomic E-state index is 12.3. The minimum atomic E-state index is -3.61. The van der Waals surface area contributed by atoms with Gasteiger partial charge in [0.1, 0.15) is 11.0 Å². The number of hydrogen-bond acceptors (Lipinski definition) is 4. The molecule has 1 N–H and O–H groups in total. The molecule has 5 nitrogen and oxygen atoms in total. The third-order valence-corrected chi connectivity index (χ3v) is 4.96. The second kappa shape index (κ2) is 7.83. The van der Waals surface area contributed by atoms with Gasteiger partial charge >= 0.3 is 0 Å². The molecule has 1 aromatic rings. The van der Waals surface area contributed by atoms with E-state index in [0.717, 1.165) is 0 Å². The number of benzene rings is 1. The molecule has 1 unspecified atom stereocenters. The van der Waals surface area contributed by atoms with Gasteiger partial charge in [-0.2, -0.15) is 0 Å². The Kier molecular flexibility index (Phi) is 6.42. The standard InChI is InChI=1S/C15H21NO4S/c1-4-10-16-15(17)12(3)21(18,19)11-13-8-6-7-9-14(13)20-5-2/h4,6-9,12H,1,5,10-11H2,2-3H3,(H,16,17). The van der Waals surface area contributed by atoms with Crippen LogP contribution in [-0.2, 0) is 20.4 Å². The largest absolute Gasteiger partial charge is 0.494 e. The molecule has 0 saturated carbocycles. The van der Waals surface area contributed by atoms with Crippen molar-refractivity contribution in [2.75, 3.05) is 13.2 Å². The van der Waals surface area contributed by atoms with Gasteiger partial charge in [-0.3, -0.25) is 4.79 Å². The molecule has 0 aliphatic heterocycles. The minimum absolute atomic E-state index is 0.230. The predicted molar refractivity (Wildman–Crippen MR) is 82.9 cm³/mol. The molecule has 0 radical (unpaired) electrons. The first-order chi connectivity index (χ1) is 9.92. The Hall–Kier alpha value is -1.82. The fourth-order valence-electron chi connectivity index (χ4n) is 1.74. The van der Waals surface area contributed by atoms with Gasteiger partial charge in [0.15, 0.2) is 9.84 Å². The van der Waals surface area contributed by atoms with Crippen LogP contribution in [0.5, 0.6) is 5.75 Å². The molecule has 0 aliphatic carbocycles. The lowest BCUT2D eigenvalue weighted by atomic mass is 10.2. The van der Waals surface area contributed by atoms with Crippen molar-refractivity contribution in [3.05, 3.63) is 42.5 Å². The first kappa shape index (κ1) is 17.2. The zero-order valence-corrected chi connectivity index (χ0v) is 13.2. The molecule has 0 aromatic heterocycles. The highest BCUT2D eigenvalue weighted by atomic mass is 32.2. The van der Waals surface area contributed by atoms with E-state index in [9.17, 15) is 13.2 Å². The zero-order valence-electron chi connectivity index (χ0n) is 12.3. The third-order valence-electron chi connectivity index (χ3n) is 2.96. The molecule has 0 saturated heterocycles. The van der Waals surface area contributed by atoms with Crippen LogP contribution in [0.2, 0.25) is 0 Å². The number of carbonyl (C=O) groups is 1. The number of carbonyl (C=O) groups excluding carboxylic acids is 1. The van der Waals surface area contributed by atoms with Crippen LogP contribution < -0.4 is 10.1 Å². The third kappa shape index (κ3) is 4.90. The highest BCUT2D eigenvalue weighted by molar-refractivity contribution is 7.92. The molecule has 0 aliphatic rings. The first-order valence-electron chi connectivity index (χ1n) is 6.73. The smallest absolute Gasteiger partial charge is 0.238 e. The Morgan fingerprint density at radius 1 is 1.43 bits per heavy atom. The second-order valence-electron chi connectivity index (χ2n) is 4.52. The Morgan fingerprint density at radius 2 is 2.10 bits per heavy atom. The lowest BCUT2D eigenvalue weighted by molar-refractivity contribution is -0.120. The number of rotatable bonds is 8. The van der Waals surface area contributed by atoms with Crippen molar-refractivity contribution in [2.24, 2.45) is 0 Å². The summed E-state index contributed by atoms with van der Waals surface area (Å²) in [6.45, 7) is 7.38. The normalized spacial score (nSPS) is 12.5. The summed E-state index contributed by atoms with van der Waals surface area (Å²) in [5, 5.41) is 1.38. The van der Waals surface area contributed by atoms with E-state index in [1.807, 2.05) is 6.92 Å². The zero-order chi connectivity index (χ0) is 15.9. The van der Waals surface area contributed by atoms with Gasteiger partial charge in [-0.1, -0.05) is 24.3 Å². The molecule has 1 aromatic carbocycles.